The predicted molar refractivity (Wildman–Crippen MR) is 126 cm³/mol. The van der Waals surface area contributed by atoms with E-state index >= 15 is 0 Å². The van der Waals surface area contributed by atoms with Crippen LogP contribution in [0.5, 0.6) is 5.75 Å². The summed E-state index contributed by atoms with van der Waals surface area (Å²) < 4.78 is 17.5. The molecule has 33 heavy (non-hydrogen) atoms. The van der Waals surface area contributed by atoms with E-state index in [1.807, 2.05) is 12.3 Å². The lowest BCUT2D eigenvalue weighted by Crippen LogP contribution is -2.21. The van der Waals surface area contributed by atoms with Crippen molar-refractivity contribution in [3.8, 4) is 5.75 Å². The first-order valence-corrected chi connectivity index (χ1v) is 11.3. The van der Waals surface area contributed by atoms with E-state index in [4.69, 9.17) is 37.8 Å². The van der Waals surface area contributed by atoms with Crippen molar-refractivity contribution in [2.75, 3.05) is 13.2 Å². The molecule has 176 valence electrons. The van der Waals surface area contributed by atoms with Crippen LogP contribution in [0.4, 0.5) is 0 Å². The second kappa shape index (κ2) is 12.5. The van der Waals surface area contributed by atoms with E-state index in [1.165, 1.54) is 18.4 Å². The number of carbonyl (C=O) groups is 1. The van der Waals surface area contributed by atoms with Crippen molar-refractivity contribution in [3.63, 3.8) is 0 Å². The molecule has 0 spiro atoms. The highest BCUT2D eigenvalue weighted by Crippen LogP contribution is 2.27. The van der Waals surface area contributed by atoms with Crippen molar-refractivity contribution >= 4 is 29.2 Å². The van der Waals surface area contributed by atoms with E-state index in [-0.39, 0.29) is 17.4 Å². The third-order valence-corrected chi connectivity index (χ3v) is 5.51. The molecule has 0 aliphatic carbocycles. The monoisotopic (exact) mass is 493 g/mol. The SMILES string of the molecule is O=C(O)c1ccco1.O=c1cc(CC2CCCO2)ccn1CCCOc1ccc(Cl)cc1Cl. The molecule has 1 N–H and O–H groups in total. The summed E-state index contributed by atoms with van der Waals surface area (Å²) in [6.45, 7) is 1.91. The van der Waals surface area contributed by atoms with Gasteiger partial charge in [0.1, 0.15) is 5.75 Å². The van der Waals surface area contributed by atoms with Crippen LogP contribution >= 0.6 is 23.2 Å². The van der Waals surface area contributed by atoms with E-state index in [2.05, 4.69) is 4.42 Å². The number of carboxylic acid groups (broad SMARTS) is 1. The molecule has 1 fully saturated rings. The van der Waals surface area contributed by atoms with Crippen LogP contribution in [0.15, 0.2) is 64.1 Å². The number of carboxylic acids is 1. The molecule has 0 amide bonds. The van der Waals surface area contributed by atoms with Gasteiger partial charge in [0.2, 0.25) is 5.76 Å². The first-order valence-electron chi connectivity index (χ1n) is 10.6. The summed E-state index contributed by atoms with van der Waals surface area (Å²) in [4.78, 5) is 22.2. The number of hydrogen-bond acceptors (Lipinski definition) is 5. The van der Waals surface area contributed by atoms with E-state index in [0.717, 1.165) is 31.4 Å². The molecular formula is C24H25Cl2NO6. The maximum Gasteiger partial charge on any atom is 0.371 e. The number of ether oxygens (including phenoxy) is 2. The highest BCUT2D eigenvalue weighted by molar-refractivity contribution is 6.35. The van der Waals surface area contributed by atoms with Crippen LogP contribution in [0.2, 0.25) is 10.0 Å². The molecule has 1 aliphatic heterocycles. The molecule has 9 heteroatoms. The van der Waals surface area contributed by atoms with E-state index in [0.29, 0.717) is 35.4 Å². The van der Waals surface area contributed by atoms with Crippen molar-refractivity contribution < 1.29 is 23.8 Å². The fourth-order valence-electron chi connectivity index (χ4n) is 3.34. The largest absolute Gasteiger partial charge is 0.492 e. The smallest absolute Gasteiger partial charge is 0.371 e. The quantitative estimate of drug-likeness (QED) is 0.426. The molecule has 0 saturated carbocycles. The Morgan fingerprint density at radius 1 is 1.21 bits per heavy atom. The first-order chi connectivity index (χ1) is 15.9. The van der Waals surface area contributed by atoms with Crippen molar-refractivity contribution in [3.05, 3.63) is 86.6 Å². The van der Waals surface area contributed by atoms with Crippen LogP contribution in [0.3, 0.4) is 0 Å². The van der Waals surface area contributed by atoms with E-state index in [9.17, 15) is 9.59 Å². The Morgan fingerprint density at radius 3 is 2.67 bits per heavy atom. The summed E-state index contributed by atoms with van der Waals surface area (Å²) in [7, 11) is 0. The van der Waals surface area contributed by atoms with Gasteiger partial charge in [-0.2, -0.15) is 0 Å². The molecule has 7 nitrogen and oxygen atoms in total. The topological polar surface area (TPSA) is 90.9 Å². The molecule has 3 heterocycles. The standard InChI is InChI=1S/C19H21Cl2NO3.C5H4O3/c20-15-4-5-18(17(21)13-15)25-10-2-7-22-8-6-14(12-19(22)23)11-16-3-1-9-24-16;6-5(7)4-2-1-3-8-4/h4-6,8,12-13,16H,1-3,7,9-11H2;1-3H,(H,6,7). The van der Waals surface area contributed by atoms with Gasteiger partial charge in [0.25, 0.3) is 5.56 Å². The Balaban J connectivity index is 0.000000323. The number of benzene rings is 1. The fourth-order valence-corrected chi connectivity index (χ4v) is 3.80. The molecule has 3 aromatic rings. The van der Waals surface area contributed by atoms with Gasteiger partial charge in [0.05, 0.1) is 24.0 Å². The number of nitrogens with zero attached hydrogens (tertiary/aromatic N) is 1. The highest BCUT2D eigenvalue weighted by Gasteiger charge is 2.16. The van der Waals surface area contributed by atoms with E-state index in [1.54, 1.807) is 28.8 Å². The Hall–Kier alpha value is -2.74. The van der Waals surface area contributed by atoms with Gasteiger partial charge in [0, 0.05) is 30.4 Å². The molecule has 1 aromatic carbocycles. The normalized spacial score (nSPS) is 15.0. The number of furan rings is 1. The number of rotatable bonds is 8. The maximum atomic E-state index is 12.2. The van der Waals surface area contributed by atoms with Crippen LogP contribution in [-0.2, 0) is 17.7 Å². The van der Waals surface area contributed by atoms with Crippen molar-refractivity contribution in [1.82, 2.24) is 4.57 Å². The van der Waals surface area contributed by atoms with Gasteiger partial charge in [-0.05, 0) is 67.6 Å². The zero-order valence-corrected chi connectivity index (χ0v) is 19.4. The van der Waals surface area contributed by atoms with Gasteiger partial charge in [-0.15, -0.1) is 0 Å². The number of aromatic carboxylic acids is 1. The lowest BCUT2D eigenvalue weighted by molar-refractivity contribution is 0.0662. The average Bonchev–Trinajstić information content (AvgIpc) is 3.49. The number of hydrogen-bond donors (Lipinski definition) is 1. The number of pyridine rings is 1. The summed E-state index contributed by atoms with van der Waals surface area (Å²) in [5.74, 6) is -0.453. The predicted octanol–water partition coefficient (Wildman–Crippen LogP) is 5.32. The van der Waals surface area contributed by atoms with E-state index < -0.39 is 5.97 Å². The van der Waals surface area contributed by atoms with Crippen LogP contribution in [0.1, 0.15) is 35.4 Å². The Morgan fingerprint density at radius 2 is 2.06 bits per heavy atom. The van der Waals surface area contributed by atoms with Gasteiger partial charge < -0.3 is 23.6 Å². The van der Waals surface area contributed by atoms with Gasteiger partial charge >= 0.3 is 5.97 Å². The number of aryl methyl sites for hydroxylation is 1. The molecule has 1 saturated heterocycles. The van der Waals surface area contributed by atoms with Gasteiger partial charge in [0.15, 0.2) is 0 Å². The fraction of sp³-hybridized carbons (Fsp3) is 0.333. The van der Waals surface area contributed by atoms with Gasteiger partial charge in [-0.3, -0.25) is 4.79 Å². The van der Waals surface area contributed by atoms with Crippen molar-refractivity contribution in [2.24, 2.45) is 0 Å². The molecule has 0 bridgehead atoms. The average molecular weight is 494 g/mol. The third kappa shape index (κ3) is 7.96. The minimum absolute atomic E-state index is 0.0139. The highest BCUT2D eigenvalue weighted by atomic mass is 35.5. The lowest BCUT2D eigenvalue weighted by atomic mass is 10.1. The van der Waals surface area contributed by atoms with Crippen LogP contribution < -0.4 is 10.3 Å². The minimum atomic E-state index is -1.03. The first kappa shape index (κ1) is 24.9. The summed E-state index contributed by atoms with van der Waals surface area (Å²) >= 11 is 11.9. The number of aromatic nitrogens is 1. The Kier molecular flexibility index (Phi) is 9.42. The van der Waals surface area contributed by atoms with Gasteiger partial charge in [-0.25, -0.2) is 4.79 Å². The molecule has 4 rings (SSSR count). The summed E-state index contributed by atoms with van der Waals surface area (Å²) in [6.07, 6.45) is 7.14. The lowest BCUT2D eigenvalue weighted by Gasteiger charge is -2.11. The summed E-state index contributed by atoms with van der Waals surface area (Å²) in [5.41, 5.74) is 1.05. The zero-order chi connectivity index (χ0) is 23.6. The Labute approximate surface area is 201 Å². The van der Waals surface area contributed by atoms with Crippen molar-refractivity contribution in [2.45, 2.75) is 38.3 Å². The molecule has 1 aliphatic rings. The van der Waals surface area contributed by atoms with Crippen molar-refractivity contribution in [1.29, 1.82) is 0 Å². The summed E-state index contributed by atoms with van der Waals surface area (Å²) in [6, 6.07) is 11.8. The number of halogens is 2. The van der Waals surface area contributed by atoms with Crippen LogP contribution in [-0.4, -0.2) is 35.0 Å². The molecule has 0 radical (unpaired) electrons. The zero-order valence-electron chi connectivity index (χ0n) is 17.9. The molecular weight excluding hydrogens is 469 g/mol. The van der Waals surface area contributed by atoms with Crippen LogP contribution in [0.25, 0.3) is 0 Å². The molecule has 1 unspecified atom stereocenters. The van der Waals surface area contributed by atoms with Gasteiger partial charge in [-0.1, -0.05) is 23.2 Å². The molecule has 1 atom stereocenters. The minimum Gasteiger partial charge on any atom is -0.492 e. The third-order valence-electron chi connectivity index (χ3n) is 4.97. The molecule has 2 aromatic heterocycles. The van der Waals surface area contributed by atoms with Crippen LogP contribution in [0, 0.1) is 0 Å². The maximum absolute atomic E-state index is 12.2. The summed E-state index contributed by atoms with van der Waals surface area (Å²) in [5, 5.41) is 9.24. The second-order valence-corrected chi connectivity index (χ2v) is 8.31. The Bertz CT molecular complexity index is 1090. The second-order valence-electron chi connectivity index (χ2n) is 7.46.